The Labute approximate surface area is 127 Å². The number of H-pyrrole nitrogens is 1. The summed E-state index contributed by atoms with van der Waals surface area (Å²) in [7, 11) is 0. The monoisotopic (exact) mass is 321 g/mol. The molecule has 3 N–H and O–H groups in total. The summed E-state index contributed by atoms with van der Waals surface area (Å²) in [6, 6.07) is 5.54. The number of nitrogens with zero attached hydrogens (tertiary/aromatic N) is 3. The molecule has 1 aromatic carbocycles. The fourth-order valence-electron chi connectivity index (χ4n) is 2.10. The number of pyridine rings is 1. The van der Waals surface area contributed by atoms with Gasteiger partial charge in [-0.1, -0.05) is 6.07 Å². The third-order valence-corrected chi connectivity index (χ3v) is 3.21. The first-order chi connectivity index (χ1) is 10.9. The summed E-state index contributed by atoms with van der Waals surface area (Å²) in [6.45, 7) is 0. The number of nitrogens with one attached hydrogen (secondary N) is 2. The van der Waals surface area contributed by atoms with Crippen LogP contribution in [0.1, 0.15) is 11.1 Å². The standard InChI is InChI=1S/C14H10F3N5O/c15-14(16,17)8-2-1-3-9(6-8)22(23)12(18)10-4-5-19-13-11(10)20-7-21-13/h1-7,18,23H,(H,19,20,21). The molecule has 2 heterocycles. The van der Waals surface area contributed by atoms with Crippen LogP contribution in [-0.2, 0) is 6.18 Å². The lowest BCUT2D eigenvalue weighted by Crippen LogP contribution is -2.27. The van der Waals surface area contributed by atoms with Crippen LogP contribution in [-0.4, -0.2) is 26.0 Å². The summed E-state index contributed by atoms with van der Waals surface area (Å²) in [5, 5.41) is 18.5. The van der Waals surface area contributed by atoms with Crippen molar-refractivity contribution in [3.63, 3.8) is 0 Å². The van der Waals surface area contributed by atoms with E-state index < -0.39 is 17.6 Å². The van der Waals surface area contributed by atoms with Crippen molar-refractivity contribution in [1.82, 2.24) is 15.0 Å². The van der Waals surface area contributed by atoms with E-state index in [1.807, 2.05) is 0 Å². The molecule has 6 nitrogen and oxygen atoms in total. The number of halogens is 3. The van der Waals surface area contributed by atoms with Crippen LogP contribution in [0.5, 0.6) is 0 Å². The van der Waals surface area contributed by atoms with Gasteiger partial charge in [-0.2, -0.15) is 13.2 Å². The van der Waals surface area contributed by atoms with E-state index in [0.29, 0.717) is 16.2 Å². The van der Waals surface area contributed by atoms with Crippen molar-refractivity contribution in [2.75, 3.05) is 5.06 Å². The van der Waals surface area contributed by atoms with E-state index >= 15 is 0 Å². The van der Waals surface area contributed by atoms with E-state index in [0.717, 1.165) is 18.2 Å². The Bertz CT molecular complexity index is 874. The van der Waals surface area contributed by atoms with Gasteiger partial charge in [-0.25, -0.2) is 15.0 Å². The molecule has 9 heteroatoms. The number of imidazole rings is 1. The van der Waals surface area contributed by atoms with Crippen LogP contribution in [0.4, 0.5) is 18.9 Å². The number of hydroxylamine groups is 1. The van der Waals surface area contributed by atoms with Gasteiger partial charge in [0.1, 0.15) is 0 Å². The number of benzene rings is 1. The summed E-state index contributed by atoms with van der Waals surface area (Å²) < 4.78 is 38.2. The van der Waals surface area contributed by atoms with Gasteiger partial charge in [0.15, 0.2) is 11.5 Å². The van der Waals surface area contributed by atoms with Crippen LogP contribution in [0.25, 0.3) is 11.2 Å². The van der Waals surface area contributed by atoms with Crippen molar-refractivity contribution < 1.29 is 18.4 Å². The van der Waals surface area contributed by atoms with Gasteiger partial charge in [-0.15, -0.1) is 0 Å². The molecule has 118 valence electrons. The molecule has 0 atom stereocenters. The quantitative estimate of drug-likeness (QED) is 0.384. The molecule has 0 bridgehead atoms. The second kappa shape index (κ2) is 5.36. The minimum absolute atomic E-state index is 0.172. The third kappa shape index (κ3) is 2.73. The molecule has 0 aliphatic rings. The Balaban J connectivity index is 1.99. The van der Waals surface area contributed by atoms with Crippen molar-refractivity contribution >= 4 is 22.7 Å². The van der Waals surface area contributed by atoms with Crippen molar-refractivity contribution in [1.29, 1.82) is 5.41 Å². The number of hydrogen-bond donors (Lipinski definition) is 3. The normalized spacial score (nSPS) is 11.7. The van der Waals surface area contributed by atoms with Crippen LogP contribution in [0, 0.1) is 5.41 Å². The van der Waals surface area contributed by atoms with E-state index in [-0.39, 0.29) is 11.3 Å². The third-order valence-electron chi connectivity index (χ3n) is 3.21. The van der Waals surface area contributed by atoms with Gasteiger partial charge in [0.2, 0.25) is 0 Å². The van der Waals surface area contributed by atoms with Crippen molar-refractivity contribution in [2.24, 2.45) is 0 Å². The maximum absolute atomic E-state index is 12.7. The number of fused-ring (bicyclic) bond motifs is 1. The van der Waals surface area contributed by atoms with Gasteiger partial charge in [-0.3, -0.25) is 10.6 Å². The van der Waals surface area contributed by atoms with Crippen LogP contribution in [0.3, 0.4) is 0 Å². The van der Waals surface area contributed by atoms with E-state index in [1.165, 1.54) is 24.7 Å². The van der Waals surface area contributed by atoms with Crippen molar-refractivity contribution in [2.45, 2.75) is 6.18 Å². The smallest absolute Gasteiger partial charge is 0.343 e. The van der Waals surface area contributed by atoms with Crippen LogP contribution < -0.4 is 5.06 Å². The molecular weight excluding hydrogens is 311 g/mol. The number of aromatic amines is 1. The molecule has 0 aliphatic heterocycles. The lowest BCUT2D eigenvalue weighted by atomic mass is 10.1. The summed E-state index contributed by atoms with van der Waals surface area (Å²) in [6.07, 6.45) is -1.76. The van der Waals surface area contributed by atoms with Crippen molar-refractivity contribution in [3.05, 3.63) is 54.0 Å². The lowest BCUT2D eigenvalue weighted by molar-refractivity contribution is -0.137. The van der Waals surface area contributed by atoms with Crippen LogP contribution >= 0.6 is 0 Å². The summed E-state index contributed by atoms with van der Waals surface area (Å²) in [5.74, 6) is -0.402. The number of anilines is 1. The highest BCUT2D eigenvalue weighted by molar-refractivity contribution is 6.12. The molecule has 0 fully saturated rings. The Morgan fingerprint density at radius 2 is 2.00 bits per heavy atom. The van der Waals surface area contributed by atoms with Crippen molar-refractivity contribution in [3.8, 4) is 0 Å². The van der Waals surface area contributed by atoms with Gasteiger partial charge in [0, 0.05) is 11.8 Å². The average Bonchev–Trinajstić information content (AvgIpc) is 3.01. The van der Waals surface area contributed by atoms with E-state index in [1.54, 1.807) is 0 Å². The van der Waals surface area contributed by atoms with Crippen LogP contribution in [0.15, 0.2) is 42.9 Å². The van der Waals surface area contributed by atoms with E-state index in [9.17, 15) is 18.4 Å². The Morgan fingerprint density at radius 3 is 2.74 bits per heavy atom. The molecule has 0 amide bonds. The zero-order chi connectivity index (χ0) is 16.6. The topological polar surface area (TPSA) is 88.9 Å². The molecule has 23 heavy (non-hydrogen) atoms. The lowest BCUT2D eigenvalue weighted by Gasteiger charge is -2.19. The largest absolute Gasteiger partial charge is 0.416 e. The fraction of sp³-hybridized carbons (Fsp3) is 0.0714. The molecule has 3 rings (SSSR count). The first-order valence-corrected chi connectivity index (χ1v) is 6.41. The predicted octanol–water partition coefficient (Wildman–Crippen LogP) is 3.20. The molecule has 0 radical (unpaired) electrons. The summed E-state index contributed by atoms with van der Waals surface area (Å²) in [5.41, 5.74) is -0.0850. The average molecular weight is 321 g/mol. The summed E-state index contributed by atoms with van der Waals surface area (Å²) in [4.78, 5) is 10.7. The highest BCUT2D eigenvalue weighted by Gasteiger charge is 2.31. The SMILES string of the molecule is N=C(c1ccnc2nc[nH]c12)N(O)c1cccc(C(F)(F)F)c1. The zero-order valence-corrected chi connectivity index (χ0v) is 11.5. The second-order valence-electron chi connectivity index (χ2n) is 4.67. The minimum atomic E-state index is -4.54. The van der Waals surface area contributed by atoms with Gasteiger partial charge >= 0.3 is 6.18 Å². The van der Waals surface area contributed by atoms with Crippen LogP contribution in [0.2, 0.25) is 0 Å². The zero-order valence-electron chi connectivity index (χ0n) is 11.5. The molecule has 0 saturated carbocycles. The highest BCUT2D eigenvalue weighted by Crippen LogP contribution is 2.31. The highest BCUT2D eigenvalue weighted by atomic mass is 19.4. The van der Waals surface area contributed by atoms with Gasteiger partial charge in [0.25, 0.3) is 0 Å². The number of hydrogen-bond acceptors (Lipinski definition) is 4. The number of amidine groups is 1. The minimum Gasteiger partial charge on any atom is -0.343 e. The van der Waals surface area contributed by atoms with Gasteiger partial charge < -0.3 is 4.98 Å². The second-order valence-corrected chi connectivity index (χ2v) is 4.67. The molecule has 2 aromatic heterocycles. The van der Waals surface area contributed by atoms with E-state index in [2.05, 4.69) is 15.0 Å². The Kier molecular flexibility index (Phi) is 3.49. The Morgan fingerprint density at radius 1 is 1.22 bits per heavy atom. The molecular formula is C14H10F3N5O. The predicted molar refractivity (Wildman–Crippen MR) is 76.4 cm³/mol. The molecule has 0 aliphatic carbocycles. The van der Waals surface area contributed by atoms with Gasteiger partial charge in [-0.05, 0) is 24.3 Å². The maximum Gasteiger partial charge on any atom is 0.416 e. The molecule has 0 unspecified atom stereocenters. The fourth-order valence-corrected chi connectivity index (χ4v) is 2.10. The number of aromatic nitrogens is 3. The number of alkyl halides is 3. The Hall–Kier alpha value is -2.94. The first-order valence-electron chi connectivity index (χ1n) is 6.41. The molecule has 0 spiro atoms. The molecule has 0 saturated heterocycles. The molecule has 3 aromatic rings. The van der Waals surface area contributed by atoms with Gasteiger partial charge in [0.05, 0.1) is 23.1 Å². The van der Waals surface area contributed by atoms with E-state index in [4.69, 9.17) is 5.41 Å². The maximum atomic E-state index is 12.7. The number of rotatable bonds is 2. The first kappa shape index (κ1) is 15.0. The summed E-state index contributed by atoms with van der Waals surface area (Å²) >= 11 is 0.